The lowest BCUT2D eigenvalue weighted by Gasteiger charge is -2.36. The summed E-state index contributed by atoms with van der Waals surface area (Å²) in [5, 5.41) is 5.67. The molecule has 0 unspecified atom stereocenters. The maximum atomic E-state index is 12.8. The standard InChI is InChI=1S/C31H39N3O3S/c1-30(2,3)37-29(36)34-22-14-13-21-33-28(35)27(32)23-38-31(24-15-7-4-8-16-24,25-17-9-5-10-18-25)26-19-11-6-12-20-26/h4-12,15-20,27H,13-14,21-23,32H2,1-3H3,(H,33,35)(H,34,36)/t27-/m0/s1. The zero-order chi connectivity index (χ0) is 27.4. The highest BCUT2D eigenvalue weighted by atomic mass is 32.2. The zero-order valence-electron chi connectivity index (χ0n) is 22.5. The molecule has 0 bridgehead atoms. The Hall–Kier alpha value is -3.29. The number of unbranched alkanes of at least 4 members (excludes halogenated alkanes) is 1. The Bertz CT molecular complexity index is 1040. The first-order valence-corrected chi connectivity index (χ1v) is 14.0. The Balaban J connectivity index is 1.62. The van der Waals surface area contributed by atoms with Gasteiger partial charge in [-0.2, -0.15) is 0 Å². The van der Waals surface area contributed by atoms with E-state index in [4.69, 9.17) is 10.5 Å². The van der Waals surface area contributed by atoms with Gasteiger partial charge in [0.2, 0.25) is 5.91 Å². The topological polar surface area (TPSA) is 93.5 Å². The van der Waals surface area contributed by atoms with Crippen molar-refractivity contribution in [1.29, 1.82) is 0 Å². The Morgan fingerprint density at radius 1 is 0.763 bits per heavy atom. The van der Waals surface area contributed by atoms with E-state index in [1.54, 1.807) is 11.8 Å². The number of hydrogen-bond donors (Lipinski definition) is 3. The summed E-state index contributed by atoms with van der Waals surface area (Å²) in [6.45, 7) is 6.46. The van der Waals surface area contributed by atoms with Crippen molar-refractivity contribution in [3.8, 4) is 0 Å². The SMILES string of the molecule is CC(C)(C)OC(=O)NCCCCNC(=O)[C@@H](N)CSC(c1ccccc1)(c1ccccc1)c1ccccc1. The van der Waals surface area contributed by atoms with Crippen molar-refractivity contribution in [3.05, 3.63) is 108 Å². The molecule has 0 aliphatic rings. The molecule has 4 N–H and O–H groups in total. The highest BCUT2D eigenvalue weighted by Crippen LogP contribution is 2.48. The van der Waals surface area contributed by atoms with Gasteiger partial charge in [-0.1, -0.05) is 91.0 Å². The van der Waals surface area contributed by atoms with Crippen LogP contribution in [0, 0.1) is 0 Å². The molecule has 2 amide bonds. The monoisotopic (exact) mass is 533 g/mol. The van der Waals surface area contributed by atoms with Crippen molar-refractivity contribution in [2.75, 3.05) is 18.8 Å². The number of hydrogen-bond acceptors (Lipinski definition) is 5. The molecule has 0 fully saturated rings. The second kappa shape index (κ2) is 14.0. The molecule has 0 saturated heterocycles. The predicted octanol–water partition coefficient (Wildman–Crippen LogP) is 5.46. The fraction of sp³-hybridized carbons (Fsp3) is 0.355. The van der Waals surface area contributed by atoms with E-state index in [1.165, 1.54) is 0 Å². The van der Waals surface area contributed by atoms with Gasteiger partial charge in [0.25, 0.3) is 0 Å². The van der Waals surface area contributed by atoms with Gasteiger partial charge in [-0.25, -0.2) is 4.79 Å². The molecule has 7 heteroatoms. The molecule has 0 spiro atoms. The van der Waals surface area contributed by atoms with E-state index in [9.17, 15) is 9.59 Å². The Labute approximate surface area is 230 Å². The van der Waals surface area contributed by atoms with Gasteiger partial charge in [-0.3, -0.25) is 4.79 Å². The number of carbonyl (C=O) groups excluding carboxylic acids is 2. The average molecular weight is 534 g/mol. The van der Waals surface area contributed by atoms with Crippen molar-refractivity contribution < 1.29 is 14.3 Å². The van der Waals surface area contributed by atoms with E-state index in [2.05, 4.69) is 47.0 Å². The second-order valence-corrected chi connectivity index (χ2v) is 11.4. The molecular formula is C31H39N3O3S. The largest absolute Gasteiger partial charge is 0.444 e. The number of nitrogens with two attached hydrogens (primary N) is 1. The maximum absolute atomic E-state index is 12.8. The summed E-state index contributed by atoms with van der Waals surface area (Å²) in [4.78, 5) is 24.6. The molecule has 0 saturated carbocycles. The Morgan fingerprint density at radius 2 is 1.18 bits per heavy atom. The van der Waals surface area contributed by atoms with Gasteiger partial charge in [-0.05, 0) is 50.3 Å². The van der Waals surface area contributed by atoms with Crippen LogP contribution < -0.4 is 16.4 Å². The molecule has 0 aliphatic heterocycles. The molecule has 0 radical (unpaired) electrons. The van der Waals surface area contributed by atoms with Gasteiger partial charge in [0.15, 0.2) is 0 Å². The average Bonchev–Trinajstić information content (AvgIpc) is 2.91. The molecule has 38 heavy (non-hydrogen) atoms. The summed E-state index contributed by atoms with van der Waals surface area (Å²) in [5.74, 6) is 0.255. The minimum Gasteiger partial charge on any atom is -0.444 e. The first-order chi connectivity index (χ1) is 18.2. The summed E-state index contributed by atoms with van der Waals surface area (Å²) in [7, 11) is 0. The molecule has 3 rings (SSSR count). The third kappa shape index (κ3) is 8.36. The quantitative estimate of drug-likeness (QED) is 0.212. The molecule has 202 valence electrons. The molecule has 3 aromatic carbocycles. The van der Waals surface area contributed by atoms with Crippen LogP contribution in [-0.2, 0) is 14.3 Å². The molecule has 3 aromatic rings. The van der Waals surface area contributed by atoms with E-state index >= 15 is 0 Å². The number of amides is 2. The lowest BCUT2D eigenvalue weighted by Crippen LogP contribution is -2.43. The van der Waals surface area contributed by atoms with Crippen molar-refractivity contribution in [3.63, 3.8) is 0 Å². The van der Waals surface area contributed by atoms with Crippen LogP contribution >= 0.6 is 11.8 Å². The third-order valence-corrected chi connectivity index (χ3v) is 7.59. The minimum atomic E-state index is -0.671. The van der Waals surface area contributed by atoms with Gasteiger partial charge in [-0.15, -0.1) is 11.8 Å². The highest BCUT2D eigenvalue weighted by molar-refractivity contribution is 8.00. The number of rotatable bonds is 12. The zero-order valence-corrected chi connectivity index (χ0v) is 23.3. The number of ether oxygens (including phenoxy) is 1. The van der Waals surface area contributed by atoms with Crippen LogP contribution in [-0.4, -0.2) is 42.5 Å². The van der Waals surface area contributed by atoms with Gasteiger partial charge in [0.1, 0.15) is 5.60 Å². The van der Waals surface area contributed by atoms with Gasteiger partial charge in [0, 0.05) is 18.8 Å². The van der Waals surface area contributed by atoms with Gasteiger partial charge >= 0.3 is 6.09 Å². The molecule has 6 nitrogen and oxygen atoms in total. The maximum Gasteiger partial charge on any atom is 0.407 e. The van der Waals surface area contributed by atoms with Crippen LogP contribution in [0.2, 0.25) is 0 Å². The van der Waals surface area contributed by atoms with Crippen LogP contribution in [0.5, 0.6) is 0 Å². The van der Waals surface area contributed by atoms with Crippen LogP contribution in [0.4, 0.5) is 4.79 Å². The first kappa shape index (κ1) is 29.3. The number of alkyl carbamates (subject to hydrolysis) is 1. The Morgan fingerprint density at radius 3 is 1.61 bits per heavy atom. The van der Waals surface area contributed by atoms with Gasteiger partial charge in [0.05, 0.1) is 10.8 Å². The molecule has 0 aliphatic carbocycles. The van der Waals surface area contributed by atoms with Crippen molar-refractivity contribution >= 4 is 23.8 Å². The number of thioether (sulfide) groups is 1. The predicted molar refractivity (Wildman–Crippen MR) is 156 cm³/mol. The number of carbonyl (C=O) groups is 2. The summed E-state index contributed by atoms with van der Waals surface area (Å²) >= 11 is 1.67. The van der Waals surface area contributed by atoms with E-state index < -0.39 is 22.5 Å². The second-order valence-electron chi connectivity index (χ2n) is 10.1. The minimum absolute atomic E-state index is 0.180. The van der Waals surface area contributed by atoms with E-state index in [-0.39, 0.29) is 5.91 Å². The molecular weight excluding hydrogens is 494 g/mol. The Kier molecular flexibility index (Phi) is 10.8. The fourth-order valence-corrected chi connectivity index (χ4v) is 5.65. The summed E-state index contributed by atoms with van der Waals surface area (Å²) in [6.07, 6.45) is 1.02. The number of nitrogens with one attached hydrogen (secondary N) is 2. The van der Waals surface area contributed by atoms with Crippen LogP contribution in [0.15, 0.2) is 91.0 Å². The smallest absolute Gasteiger partial charge is 0.407 e. The van der Waals surface area contributed by atoms with Gasteiger partial charge < -0.3 is 21.1 Å². The third-order valence-electron chi connectivity index (χ3n) is 5.93. The summed E-state index contributed by atoms with van der Waals surface area (Å²) < 4.78 is 4.71. The first-order valence-electron chi connectivity index (χ1n) is 13.0. The summed E-state index contributed by atoms with van der Waals surface area (Å²) in [6, 6.07) is 30.4. The normalized spacial score (nSPS) is 12.4. The van der Waals surface area contributed by atoms with Crippen LogP contribution in [0.1, 0.15) is 50.3 Å². The van der Waals surface area contributed by atoms with E-state index in [0.717, 1.165) is 29.5 Å². The van der Waals surface area contributed by atoms with Crippen LogP contribution in [0.3, 0.4) is 0 Å². The van der Waals surface area contributed by atoms with E-state index in [0.29, 0.717) is 18.8 Å². The summed E-state index contributed by atoms with van der Waals surface area (Å²) in [5.41, 5.74) is 9.26. The lowest BCUT2D eigenvalue weighted by molar-refractivity contribution is -0.121. The van der Waals surface area contributed by atoms with Crippen molar-refractivity contribution in [1.82, 2.24) is 10.6 Å². The molecule has 0 heterocycles. The van der Waals surface area contributed by atoms with E-state index in [1.807, 2.05) is 75.4 Å². The lowest BCUT2D eigenvalue weighted by atomic mass is 9.84. The highest BCUT2D eigenvalue weighted by Gasteiger charge is 2.37. The van der Waals surface area contributed by atoms with Crippen LogP contribution in [0.25, 0.3) is 0 Å². The number of benzene rings is 3. The fourth-order valence-electron chi connectivity index (χ4n) is 4.16. The molecule has 0 aromatic heterocycles. The molecule has 1 atom stereocenters. The van der Waals surface area contributed by atoms with Crippen molar-refractivity contribution in [2.45, 2.75) is 50.0 Å². The van der Waals surface area contributed by atoms with Crippen molar-refractivity contribution in [2.24, 2.45) is 5.73 Å².